The maximum atomic E-state index is 12.2. The van der Waals surface area contributed by atoms with Gasteiger partial charge in [-0.25, -0.2) is 0 Å². The largest absolute Gasteiger partial charge is 0.396 e. The summed E-state index contributed by atoms with van der Waals surface area (Å²) < 4.78 is 0. The van der Waals surface area contributed by atoms with E-state index in [0.29, 0.717) is 12.2 Å². The molecule has 0 aromatic carbocycles. The van der Waals surface area contributed by atoms with Crippen molar-refractivity contribution in [1.29, 1.82) is 0 Å². The van der Waals surface area contributed by atoms with E-state index >= 15 is 0 Å². The molecular weight excluding hydrogens is 242 g/mol. The molecule has 1 unspecified atom stereocenters. The first kappa shape index (κ1) is 12.2. The standard InChI is InChI=1S/C13H19N5O/c1-16-4-5-17-6-7-18(9-12(17)13(16)19)11-2-3-15-8-10(11)14/h2-3,8,12H,4-7,9,14H2,1H3. The smallest absolute Gasteiger partial charge is 0.241 e. The lowest BCUT2D eigenvalue weighted by molar-refractivity contribution is -0.140. The predicted octanol–water partition coefficient (Wildman–Crippen LogP) is -0.374. The van der Waals surface area contributed by atoms with E-state index in [1.807, 2.05) is 18.0 Å². The first-order valence-electron chi connectivity index (χ1n) is 6.60. The molecule has 1 aromatic heterocycles. The van der Waals surface area contributed by atoms with Crippen LogP contribution in [0, 0.1) is 0 Å². The first-order chi connectivity index (χ1) is 9.16. The highest BCUT2D eigenvalue weighted by atomic mass is 16.2. The lowest BCUT2D eigenvalue weighted by Gasteiger charge is -2.46. The van der Waals surface area contributed by atoms with Gasteiger partial charge in [-0.2, -0.15) is 0 Å². The van der Waals surface area contributed by atoms with E-state index in [4.69, 9.17) is 5.73 Å². The average Bonchev–Trinajstić information content (AvgIpc) is 2.43. The van der Waals surface area contributed by atoms with Crippen LogP contribution in [0.4, 0.5) is 11.4 Å². The van der Waals surface area contributed by atoms with Crippen molar-refractivity contribution in [3.05, 3.63) is 18.5 Å². The van der Waals surface area contributed by atoms with Gasteiger partial charge in [-0.15, -0.1) is 0 Å². The number of amides is 1. The number of likely N-dealkylation sites (N-methyl/N-ethyl adjacent to an activating group) is 1. The zero-order valence-corrected chi connectivity index (χ0v) is 11.1. The van der Waals surface area contributed by atoms with Gasteiger partial charge in [-0.3, -0.25) is 14.7 Å². The molecule has 2 N–H and O–H groups in total. The molecule has 2 aliphatic rings. The van der Waals surface area contributed by atoms with Gasteiger partial charge in [-0.1, -0.05) is 0 Å². The fourth-order valence-corrected chi connectivity index (χ4v) is 2.87. The summed E-state index contributed by atoms with van der Waals surface area (Å²) in [5.41, 5.74) is 7.62. The zero-order valence-electron chi connectivity index (χ0n) is 11.1. The molecular formula is C13H19N5O. The van der Waals surface area contributed by atoms with Gasteiger partial charge in [0.1, 0.15) is 6.04 Å². The minimum absolute atomic E-state index is 0.0416. The van der Waals surface area contributed by atoms with E-state index in [0.717, 1.165) is 31.9 Å². The summed E-state index contributed by atoms with van der Waals surface area (Å²) in [7, 11) is 1.87. The molecule has 2 aliphatic heterocycles. The van der Waals surface area contributed by atoms with Crippen molar-refractivity contribution < 1.29 is 4.79 Å². The third-order valence-electron chi connectivity index (χ3n) is 4.04. The molecule has 0 aliphatic carbocycles. The summed E-state index contributed by atoms with van der Waals surface area (Å²) in [5.74, 6) is 0.212. The lowest BCUT2D eigenvalue weighted by Crippen LogP contribution is -2.64. The molecule has 19 heavy (non-hydrogen) atoms. The number of hydrogen-bond acceptors (Lipinski definition) is 5. The molecule has 1 amide bonds. The summed E-state index contributed by atoms with van der Waals surface area (Å²) in [6, 6.07) is 1.88. The van der Waals surface area contributed by atoms with Gasteiger partial charge in [0.25, 0.3) is 0 Å². The summed E-state index contributed by atoms with van der Waals surface area (Å²) >= 11 is 0. The molecule has 2 saturated heterocycles. The van der Waals surface area contributed by atoms with Crippen molar-refractivity contribution >= 4 is 17.3 Å². The number of anilines is 2. The Morgan fingerprint density at radius 2 is 2.11 bits per heavy atom. The monoisotopic (exact) mass is 261 g/mol. The number of nitrogen functional groups attached to an aromatic ring is 1. The molecule has 3 rings (SSSR count). The zero-order chi connectivity index (χ0) is 13.4. The highest BCUT2D eigenvalue weighted by Gasteiger charge is 2.37. The Hall–Kier alpha value is -1.82. The summed E-state index contributed by atoms with van der Waals surface area (Å²) in [6.07, 6.45) is 3.41. The van der Waals surface area contributed by atoms with Crippen molar-refractivity contribution in [1.82, 2.24) is 14.8 Å². The van der Waals surface area contributed by atoms with E-state index in [9.17, 15) is 4.79 Å². The van der Waals surface area contributed by atoms with Gasteiger partial charge in [0.2, 0.25) is 5.91 Å². The molecule has 1 aromatic rings. The highest BCUT2D eigenvalue weighted by molar-refractivity contribution is 5.83. The number of carbonyl (C=O) groups excluding carboxylic acids is 1. The molecule has 0 radical (unpaired) electrons. The van der Waals surface area contributed by atoms with Crippen LogP contribution >= 0.6 is 0 Å². The van der Waals surface area contributed by atoms with Crippen LogP contribution in [0.2, 0.25) is 0 Å². The molecule has 6 nitrogen and oxygen atoms in total. The normalized spacial score (nSPS) is 24.5. The van der Waals surface area contributed by atoms with Crippen LogP contribution in [0.5, 0.6) is 0 Å². The number of aromatic nitrogens is 1. The summed E-state index contributed by atoms with van der Waals surface area (Å²) in [6.45, 7) is 4.31. The molecule has 0 bridgehead atoms. The van der Waals surface area contributed by atoms with Crippen LogP contribution < -0.4 is 10.6 Å². The second-order valence-electron chi connectivity index (χ2n) is 5.19. The topological polar surface area (TPSA) is 65.7 Å². The second kappa shape index (κ2) is 4.70. The van der Waals surface area contributed by atoms with Crippen molar-refractivity contribution in [3.8, 4) is 0 Å². The highest BCUT2D eigenvalue weighted by Crippen LogP contribution is 2.25. The van der Waals surface area contributed by atoms with Crippen molar-refractivity contribution in [2.24, 2.45) is 0 Å². The Balaban J connectivity index is 1.81. The number of hydrogen-bond donors (Lipinski definition) is 1. The van der Waals surface area contributed by atoms with Crippen LogP contribution in [-0.2, 0) is 4.79 Å². The number of piperazine rings is 2. The molecule has 3 heterocycles. The third kappa shape index (κ3) is 2.12. The number of rotatable bonds is 1. The first-order valence-corrected chi connectivity index (χ1v) is 6.60. The number of nitrogens with zero attached hydrogens (tertiary/aromatic N) is 4. The fraction of sp³-hybridized carbons (Fsp3) is 0.538. The summed E-state index contributed by atoms with van der Waals surface area (Å²) in [4.78, 5) is 22.5. The Kier molecular flexibility index (Phi) is 3.02. The van der Waals surface area contributed by atoms with Gasteiger partial charge in [0, 0.05) is 46.0 Å². The van der Waals surface area contributed by atoms with Gasteiger partial charge in [0.15, 0.2) is 0 Å². The quantitative estimate of drug-likeness (QED) is 0.747. The van der Waals surface area contributed by atoms with Crippen molar-refractivity contribution in [3.63, 3.8) is 0 Å². The third-order valence-corrected chi connectivity index (χ3v) is 4.04. The fourth-order valence-electron chi connectivity index (χ4n) is 2.87. The van der Waals surface area contributed by atoms with Gasteiger partial charge >= 0.3 is 0 Å². The second-order valence-corrected chi connectivity index (χ2v) is 5.19. The molecule has 2 fully saturated rings. The molecule has 102 valence electrons. The number of carbonyl (C=O) groups is 1. The van der Waals surface area contributed by atoms with E-state index in [1.165, 1.54) is 0 Å². The average molecular weight is 261 g/mol. The van der Waals surface area contributed by atoms with Gasteiger partial charge in [0.05, 0.1) is 17.6 Å². The predicted molar refractivity (Wildman–Crippen MR) is 73.9 cm³/mol. The van der Waals surface area contributed by atoms with Crippen LogP contribution in [0.15, 0.2) is 18.5 Å². The molecule has 0 spiro atoms. The molecule has 6 heteroatoms. The number of fused-ring (bicyclic) bond motifs is 1. The minimum Gasteiger partial charge on any atom is -0.396 e. The summed E-state index contributed by atoms with van der Waals surface area (Å²) in [5, 5.41) is 0. The molecule has 1 atom stereocenters. The Morgan fingerprint density at radius 3 is 2.89 bits per heavy atom. The van der Waals surface area contributed by atoms with E-state index in [-0.39, 0.29) is 11.9 Å². The minimum atomic E-state index is -0.0416. The Labute approximate surface area is 112 Å². The molecule has 0 saturated carbocycles. The lowest BCUT2D eigenvalue weighted by atomic mass is 10.1. The Morgan fingerprint density at radius 1 is 1.32 bits per heavy atom. The van der Waals surface area contributed by atoms with Crippen LogP contribution in [-0.4, -0.2) is 66.5 Å². The van der Waals surface area contributed by atoms with E-state index < -0.39 is 0 Å². The van der Waals surface area contributed by atoms with Gasteiger partial charge in [-0.05, 0) is 6.07 Å². The number of pyridine rings is 1. The maximum absolute atomic E-state index is 12.2. The maximum Gasteiger partial charge on any atom is 0.241 e. The van der Waals surface area contributed by atoms with Gasteiger partial charge < -0.3 is 15.5 Å². The van der Waals surface area contributed by atoms with Crippen LogP contribution in [0.3, 0.4) is 0 Å². The van der Waals surface area contributed by atoms with Crippen LogP contribution in [0.1, 0.15) is 0 Å². The SMILES string of the molecule is CN1CCN2CCN(c3ccncc3N)CC2C1=O. The van der Waals surface area contributed by atoms with Crippen molar-refractivity contribution in [2.75, 3.05) is 50.4 Å². The van der Waals surface area contributed by atoms with Crippen molar-refractivity contribution in [2.45, 2.75) is 6.04 Å². The number of nitrogens with two attached hydrogens (primary N) is 1. The van der Waals surface area contributed by atoms with E-state index in [1.54, 1.807) is 12.4 Å². The van der Waals surface area contributed by atoms with E-state index in [2.05, 4.69) is 14.8 Å². The Bertz CT molecular complexity index is 492. The van der Waals surface area contributed by atoms with Crippen LogP contribution in [0.25, 0.3) is 0 Å².